The first kappa shape index (κ1) is 12.2. The van der Waals surface area contributed by atoms with Crippen LogP contribution in [0.1, 0.15) is 17.9 Å². The molecular formula is C16H15N3O2. The van der Waals surface area contributed by atoms with Gasteiger partial charge in [0.05, 0.1) is 12.8 Å². The van der Waals surface area contributed by atoms with Crippen molar-refractivity contribution < 1.29 is 8.83 Å². The minimum Gasteiger partial charge on any atom is -0.459 e. The molecule has 0 unspecified atom stereocenters. The van der Waals surface area contributed by atoms with Crippen molar-refractivity contribution in [2.75, 3.05) is 11.4 Å². The second-order valence-electron chi connectivity index (χ2n) is 5.13. The molecule has 0 aliphatic carbocycles. The Balaban J connectivity index is 1.57. The van der Waals surface area contributed by atoms with Crippen LogP contribution in [0.2, 0.25) is 0 Å². The number of nitrogens with zero attached hydrogens (tertiary/aromatic N) is 3. The fourth-order valence-corrected chi connectivity index (χ4v) is 2.76. The van der Waals surface area contributed by atoms with E-state index in [9.17, 15) is 0 Å². The largest absolute Gasteiger partial charge is 0.459 e. The number of fused-ring (bicyclic) bond motifs is 1. The Labute approximate surface area is 122 Å². The Morgan fingerprint density at radius 3 is 2.95 bits per heavy atom. The Morgan fingerprint density at radius 2 is 2.05 bits per heavy atom. The van der Waals surface area contributed by atoms with Crippen molar-refractivity contribution in [3.8, 4) is 11.7 Å². The number of hydrogen-bond acceptors (Lipinski definition) is 5. The molecule has 0 bridgehead atoms. The number of furan rings is 1. The maximum atomic E-state index is 5.69. The zero-order valence-corrected chi connectivity index (χ0v) is 11.5. The maximum Gasteiger partial charge on any atom is 0.283 e. The van der Waals surface area contributed by atoms with Crippen molar-refractivity contribution in [1.29, 1.82) is 0 Å². The molecule has 0 spiro atoms. The third-order valence-electron chi connectivity index (χ3n) is 3.73. The van der Waals surface area contributed by atoms with Crippen LogP contribution in [-0.4, -0.2) is 16.7 Å². The van der Waals surface area contributed by atoms with Crippen molar-refractivity contribution in [2.24, 2.45) is 0 Å². The van der Waals surface area contributed by atoms with E-state index < -0.39 is 0 Å². The molecule has 0 saturated carbocycles. The quantitative estimate of drug-likeness (QED) is 0.737. The first-order valence-electron chi connectivity index (χ1n) is 7.09. The molecule has 0 atom stereocenters. The highest BCUT2D eigenvalue weighted by Gasteiger charge is 2.19. The molecule has 3 aromatic rings. The van der Waals surface area contributed by atoms with E-state index in [0.29, 0.717) is 24.1 Å². The minimum atomic E-state index is 0.431. The monoisotopic (exact) mass is 281 g/mol. The molecule has 2 aromatic heterocycles. The number of benzene rings is 1. The number of aromatic nitrogens is 2. The minimum absolute atomic E-state index is 0.431. The lowest BCUT2D eigenvalue weighted by molar-refractivity contribution is 0.472. The highest BCUT2D eigenvalue weighted by molar-refractivity contribution is 5.55. The van der Waals surface area contributed by atoms with Crippen LogP contribution in [0.15, 0.2) is 51.5 Å². The summed E-state index contributed by atoms with van der Waals surface area (Å²) in [7, 11) is 0. The SMILES string of the molecule is c1coc(-c2nnc(CN3CCCc4ccccc43)o2)c1. The van der Waals surface area contributed by atoms with Gasteiger partial charge in [0.15, 0.2) is 5.76 Å². The Bertz CT molecular complexity index is 734. The fraction of sp³-hybridized carbons (Fsp3) is 0.250. The Kier molecular flexibility index (Phi) is 2.96. The van der Waals surface area contributed by atoms with Gasteiger partial charge in [0.2, 0.25) is 5.89 Å². The molecule has 3 heterocycles. The predicted molar refractivity (Wildman–Crippen MR) is 77.8 cm³/mol. The summed E-state index contributed by atoms with van der Waals surface area (Å²) in [5.41, 5.74) is 2.65. The summed E-state index contributed by atoms with van der Waals surface area (Å²) >= 11 is 0. The summed E-state index contributed by atoms with van der Waals surface area (Å²) in [5, 5.41) is 8.16. The second kappa shape index (κ2) is 5.09. The summed E-state index contributed by atoms with van der Waals surface area (Å²) in [4.78, 5) is 2.29. The van der Waals surface area contributed by atoms with Crippen LogP contribution < -0.4 is 4.90 Å². The van der Waals surface area contributed by atoms with Crippen LogP contribution >= 0.6 is 0 Å². The molecule has 0 radical (unpaired) electrons. The van der Waals surface area contributed by atoms with E-state index in [0.717, 1.165) is 19.4 Å². The lowest BCUT2D eigenvalue weighted by Crippen LogP contribution is -2.28. The lowest BCUT2D eigenvalue weighted by atomic mass is 10.0. The van der Waals surface area contributed by atoms with Gasteiger partial charge >= 0.3 is 0 Å². The van der Waals surface area contributed by atoms with Crippen LogP contribution in [0.4, 0.5) is 5.69 Å². The highest BCUT2D eigenvalue weighted by Crippen LogP contribution is 2.28. The number of para-hydroxylation sites is 1. The Hall–Kier alpha value is -2.56. The molecule has 1 aliphatic heterocycles. The summed E-state index contributed by atoms with van der Waals surface area (Å²) in [5.74, 6) is 1.64. The number of anilines is 1. The van der Waals surface area contributed by atoms with Crippen LogP contribution in [0, 0.1) is 0 Å². The van der Waals surface area contributed by atoms with E-state index in [1.807, 2.05) is 6.07 Å². The number of rotatable bonds is 3. The van der Waals surface area contributed by atoms with Crippen molar-refractivity contribution >= 4 is 5.69 Å². The topological polar surface area (TPSA) is 55.3 Å². The first-order valence-corrected chi connectivity index (χ1v) is 7.09. The Morgan fingerprint density at radius 1 is 1.10 bits per heavy atom. The van der Waals surface area contributed by atoms with Crippen molar-refractivity contribution in [1.82, 2.24) is 10.2 Å². The van der Waals surface area contributed by atoms with Crippen LogP contribution in [0.5, 0.6) is 0 Å². The summed E-state index contributed by atoms with van der Waals surface area (Å²) in [6.45, 7) is 1.64. The average molecular weight is 281 g/mol. The predicted octanol–water partition coefficient (Wildman–Crippen LogP) is 3.28. The summed E-state index contributed by atoms with van der Waals surface area (Å²) in [6.07, 6.45) is 3.88. The van der Waals surface area contributed by atoms with Gasteiger partial charge in [-0.2, -0.15) is 0 Å². The fourth-order valence-electron chi connectivity index (χ4n) is 2.76. The van der Waals surface area contributed by atoms with E-state index in [-0.39, 0.29) is 0 Å². The molecule has 4 rings (SSSR count). The molecule has 5 heteroatoms. The first-order chi connectivity index (χ1) is 10.4. The molecule has 21 heavy (non-hydrogen) atoms. The van der Waals surface area contributed by atoms with Crippen LogP contribution in [0.25, 0.3) is 11.7 Å². The highest BCUT2D eigenvalue weighted by atomic mass is 16.4. The van der Waals surface area contributed by atoms with Crippen LogP contribution in [0.3, 0.4) is 0 Å². The zero-order valence-electron chi connectivity index (χ0n) is 11.5. The van der Waals surface area contributed by atoms with E-state index >= 15 is 0 Å². The third-order valence-corrected chi connectivity index (χ3v) is 3.73. The third kappa shape index (κ3) is 2.31. The van der Waals surface area contributed by atoms with Gasteiger partial charge in [-0.3, -0.25) is 0 Å². The molecule has 1 aliphatic rings. The smallest absolute Gasteiger partial charge is 0.283 e. The molecule has 1 aromatic carbocycles. The van der Waals surface area contributed by atoms with Gasteiger partial charge in [0, 0.05) is 12.2 Å². The lowest BCUT2D eigenvalue weighted by Gasteiger charge is -2.29. The van der Waals surface area contributed by atoms with Gasteiger partial charge in [0.25, 0.3) is 5.89 Å². The van der Waals surface area contributed by atoms with E-state index in [1.165, 1.54) is 11.3 Å². The molecule has 0 amide bonds. The van der Waals surface area contributed by atoms with Crippen molar-refractivity contribution in [2.45, 2.75) is 19.4 Å². The average Bonchev–Trinajstić information content (AvgIpc) is 3.18. The molecule has 0 N–H and O–H groups in total. The summed E-state index contributed by atoms with van der Waals surface area (Å²) < 4.78 is 11.0. The van der Waals surface area contributed by atoms with Crippen molar-refractivity contribution in [3.63, 3.8) is 0 Å². The van der Waals surface area contributed by atoms with Gasteiger partial charge in [-0.1, -0.05) is 18.2 Å². The number of hydrogen-bond donors (Lipinski definition) is 0. The summed E-state index contributed by atoms with van der Waals surface area (Å²) in [6, 6.07) is 12.1. The van der Waals surface area contributed by atoms with E-state index in [2.05, 4.69) is 39.4 Å². The second-order valence-corrected chi connectivity index (χ2v) is 5.13. The van der Waals surface area contributed by atoms with Gasteiger partial charge < -0.3 is 13.7 Å². The molecule has 106 valence electrons. The van der Waals surface area contributed by atoms with Gasteiger partial charge in [-0.15, -0.1) is 10.2 Å². The standard InChI is InChI=1S/C16H15N3O2/c1-2-7-13-12(5-1)6-3-9-19(13)11-15-17-18-16(21-15)14-8-4-10-20-14/h1-2,4-5,7-8,10H,3,6,9,11H2. The molecule has 5 nitrogen and oxygen atoms in total. The maximum absolute atomic E-state index is 5.69. The molecule has 0 fully saturated rings. The van der Waals surface area contributed by atoms with Crippen LogP contribution in [-0.2, 0) is 13.0 Å². The molecule has 0 saturated heterocycles. The number of aryl methyl sites for hydroxylation is 1. The zero-order chi connectivity index (χ0) is 14.1. The van der Waals surface area contributed by atoms with E-state index in [4.69, 9.17) is 8.83 Å². The van der Waals surface area contributed by atoms with Gasteiger partial charge in [-0.25, -0.2) is 0 Å². The van der Waals surface area contributed by atoms with Crippen molar-refractivity contribution in [3.05, 3.63) is 54.1 Å². The normalized spacial score (nSPS) is 14.2. The molecular weight excluding hydrogens is 266 g/mol. The van der Waals surface area contributed by atoms with E-state index in [1.54, 1.807) is 12.3 Å². The van der Waals surface area contributed by atoms with Gasteiger partial charge in [-0.05, 0) is 36.6 Å². The van der Waals surface area contributed by atoms with Gasteiger partial charge in [0.1, 0.15) is 0 Å².